The van der Waals surface area contributed by atoms with Crippen LogP contribution in [0.1, 0.15) is 67.5 Å². The summed E-state index contributed by atoms with van der Waals surface area (Å²) in [6, 6.07) is 10.1. The first-order valence-electron chi connectivity index (χ1n) is 15.3. The van der Waals surface area contributed by atoms with Gasteiger partial charge < -0.3 is 10.2 Å². The van der Waals surface area contributed by atoms with Crippen LogP contribution < -0.4 is 10.9 Å². The molecule has 0 saturated carbocycles. The maximum absolute atomic E-state index is 14.7. The van der Waals surface area contributed by atoms with Gasteiger partial charge in [0.2, 0.25) is 0 Å². The third-order valence-electron chi connectivity index (χ3n) is 8.06. The van der Waals surface area contributed by atoms with E-state index in [1.54, 1.807) is 16.0 Å². The minimum absolute atomic E-state index is 0.132. The SMILES string of the molecule is CCc1cccc(CC)c1-n1c(CC(C)C)c(C(=O)N2CCN[C@H](C)C2)cc(-c2nc(-c3ccc(C(F)(F)F)nc3)cs2)c1=O. The summed E-state index contributed by atoms with van der Waals surface area (Å²) in [6.07, 6.45) is -1.51. The van der Waals surface area contributed by atoms with Crippen molar-refractivity contribution in [3.05, 3.63) is 86.4 Å². The lowest BCUT2D eigenvalue weighted by Crippen LogP contribution is -2.51. The quantitative estimate of drug-likeness (QED) is 0.230. The number of carbonyl (C=O) groups excluding carboxylic acids is 1. The first-order chi connectivity index (χ1) is 21.4. The molecule has 45 heavy (non-hydrogen) atoms. The van der Waals surface area contributed by atoms with Crippen molar-refractivity contribution in [1.29, 1.82) is 0 Å². The maximum atomic E-state index is 14.7. The molecule has 11 heteroatoms. The molecule has 1 N–H and O–H groups in total. The minimum Gasteiger partial charge on any atom is -0.336 e. The number of hydrogen-bond donors (Lipinski definition) is 1. The summed E-state index contributed by atoms with van der Waals surface area (Å²) in [5.74, 6) is 0.0252. The Morgan fingerprint density at radius 1 is 1.13 bits per heavy atom. The third-order valence-corrected chi connectivity index (χ3v) is 8.94. The van der Waals surface area contributed by atoms with Gasteiger partial charge in [0, 0.05) is 48.5 Å². The van der Waals surface area contributed by atoms with Crippen molar-refractivity contribution in [2.45, 2.75) is 66.1 Å². The van der Waals surface area contributed by atoms with Crippen molar-refractivity contribution >= 4 is 17.2 Å². The van der Waals surface area contributed by atoms with Crippen molar-refractivity contribution in [2.75, 3.05) is 19.6 Å². The molecular formula is C34H38F3N5O2S. The number of rotatable bonds is 8. The molecule has 1 aromatic carbocycles. The standard InChI is InChI=1S/C34H38F3N5O2S/c1-6-22-9-8-10-23(7-2)30(22)42-28(15-20(3)4)25(32(43)41-14-13-38-21(5)18-41)16-26(33(42)44)31-40-27(19-45-31)24-11-12-29(39-17-24)34(35,36)37/h8-12,16-17,19-21,38H,6-7,13-15,18H2,1-5H3/t21-/m1/s1. The maximum Gasteiger partial charge on any atom is 0.433 e. The zero-order valence-electron chi connectivity index (χ0n) is 26.2. The third kappa shape index (κ3) is 6.74. The molecule has 5 rings (SSSR count). The van der Waals surface area contributed by atoms with E-state index in [2.05, 4.69) is 43.0 Å². The molecule has 1 aliphatic rings. The predicted octanol–water partition coefficient (Wildman–Crippen LogP) is 6.80. The molecule has 7 nitrogen and oxygen atoms in total. The van der Waals surface area contributed by atoms with Gasteiger partial charge in [-0.25, -0.2) is 4.98 Å². The molecule has 238 valence electrons. The average Bonchev–Trinajstić information content (AvgIpc) is 3.50. The number of benzene rings is 1. The summed E-state index contributed by atoms with van der Waals surface area (Å²) in [7, 11) is 0. The highest BCUT2D eigenvalue weighted by Crippen LogP contribution is 2.33. The summed E-state index contributed by atoms with van der Waals surface area (Å²) in [6.45, 7) is 12.1. The minimum atomic E-state index is -4.55. The molecule has 1 atom stereocenters. The Hall–Kier alpha value is -3.83. The molecule has 1 amide bonds. The summed E-state index contributed by atoms with van der Waals surface area (Å²) in [5.41, 5.74) is 3.76. The number of piperazine rings is 1. The largest absolute Gasteiger partial charge is 0.433 e. The Bertz CT molecular complexity index is 1720. The molecule has 0 aliphatic carbocycles. The number of para-hydroxylation sites is 1. The van der Waals surface area contributed by atoms with Crippen LogP contribution in [-0.2, 0) is 25.4 Å². The monoisotopic (exact) mass is 637 g/mol. The highest BCUT2D eigenvalue weighted by atomic mass is 32.1. The van der Waals surface area contributed by atoms with Gasteiger partial charge in [0.25, 0.3) is 11.5 Å². The van der Waals surface area contributed by atoms with Crippen molar-refractivity contribution in [2.24, 2.45) is 5.92 Å². The van der Waals surface area contributed by atoms with E-state index in [1.807, 2.05) is 30.0 Å². The van der Waals surface area contributed by atoms with Crippen molar-refractivity contribution in [3.63, 3.8) is 0 Å². The van der Waals surface area contributed by atoms with Gasteiger partial charge in [-0.05, 0) is 61.4 Å². The van der Waals surface area contributed by atoms with E-state index >= 15 is 0 Å². The Kier molecular flexibility index (Phi) is 9.60. The van der Waals surface area contributed by atoms with Gasteiger partial charge in [-0.2, -0.15) is 13.2 Å². The Balaban J connectivity index is 1.75. The molecule has 4 heterocycles. The van der Waals surface area contributed by atoms with Crippen LogP contribution in [0.15, 0.2) is 52.8 Å². The molecule has 1 saturated heterocycles. The second kappa shape index (κ2) is 13.3. The zero-order chi connectivity index (χ0) is 32.5. The summed E-state index contributed by atoms with van der Waals surface area (Å²) >= 11 is 1.21. The van der Waals surface area contributed by atoms with Gasteiger partial charge in [0.05, 0.1) is 22.5 Å². The zero-order valence-corrected chi connectivity index (χ0v) is 27.0. The van der Waals surface area contributed by atoms with E-state index in [0.29, 0.717) is 66.4 Å². The van der Waals surface area contributed by atoms with Crippen molar-refractivity contribution in [1.82, 2.24) is 24.8 Å². The number of nitrogens with one attached hydrogen (secondary N) is 1. The lowest BCUT2D eigenvalue weighted by molar-refractivity contribution is -0.141. The molecule has 0 radical (unpaired) electrons. The number of halogens is 3. The molecule has 3 aromatic heterocycles. The lowest BCUT2D eigenvalue weighted by Gasteiger charge is -2.33. The van der Waals surface area contributed by atoms with Crippen LogP contribution >= 0.6 is 11.3 Å². The molecule has 1 aliphatic heterocycles. The topological polar surface area (TPSA) is 80.1 Å². The fourth-order valence-corrected chi connectivity index (χ4v) is 6.68. The summed E-state index contributed by atoms with van der Waals surface area (Å²) in [5, 5.41) is 5.46. The highest BCUT2D eigenvalue weighted by Gasteiger charge is 2.32. The Morgan fingerprint density at radius 3 is 2.42 bits per heavy atom. The second-order valence-corrected chi connectivity index (χ2v) is 12.7. The smallest absolute Gasteiger partial charge is 0.336 e. The number of alkyl halides is 3. The predicted molar refractivity (Wildman–Crippen MR) is 172 cm³/mol. The first-order valence-corrected chi connectivity index (χ1v) is 16.2. The van der Waals surface area contributed by atoms with Crippen LogP contribution in [0.5, 0.6) is 0 Å². The lowest BCUT2D eigenvalue weighted by atomic mass is 9.96. The van der Waals surface area contributed by atoms with Crippen LogP contribution in [0.4, 0.5) is 13.2 Å². The fourth-order valence-electron chi connectivity index (χ4n) is 5.85. The second-order valence-electron chi connectivity index (χ2n) is 11.9. The normalized spacial score (nSPS) is 15.6. The van der Waals surface area contributed by atoms with E-state index in [9.17, 15) is 22.8 Å². The number of pyridine rings is 2. The fraction of sp³-hybridized carbons (Fsp3) is 0.412. The molecule has 4 aromatic rings. The number of aromatic nitrogens is 3. The van der Waals surface area contributed by atoms with Gasteiger partial charge >= 0.3 is 6.18 Å². The number of aryl methyl sites for hydroxylation is 2. The Morgan fingerprint density at radius 2 is 1.84 bits per heavy atom. The van der Waals surface area contributed by atoms with E-state index in [1.165, 1.54) is 17.4 Å². The van der Waals surface area contributed by atoms with E-state index < -0.39 is 11.9 Å². The van der Waals surface area contributed by atoms with Crippen LogP contribution in [0.25, 0.3) is 27.5 Å². The van der Waals surface area contributed by atoms with Gasteiger partial charge in [-0.3, -0.25) is 19.1 Å². The Labute approximate surface area is 265 Å². The number of hydrogen-bond acceptors (Lipinski definition) is 6. The van der Waals surface area contributed by atoms with Gasteiger partial charge in [0.15, 0.2) is 0 Å². The van der Waals surface area contributed by atoms with Crippen LogP contribution in [-0.4, -0.2) is 51.0 Å². The van der Waals surface area contributed by atoms with E-state index in [4.69, 9.17) is 0 Å². The molecular weight excluding hydrogens is 599 g/mol. The van der Waals surface area contributed by atoms with Gasteiger partial charge in [-0.15, -0.1) is 11.3 Å². The summed E-state index contributed by atoms with van der Waals surface area (Å²) < 4.78 is 41.0. The van der Waals surface area contributed by atoms with Crippen LogP contribution in [0.3, 0.4) is 0 Å². The molecule has 0 spiro atoms. The van der Waals surface area contributed by atoms with Crippen LogP contribution in [0, 0.1) is 5.92 Å². The molecule has 0 unspecified atom stereocenters. The van der Waals surface area contributed by atoms with Crippen molar-refractivity contribution in [3.8, 4) is 27.5 Å². The molecule has 0 bridgehead atoms. The number of nitrogens with zero attached hydrogens (tertiary/aromatic N) is 4. The average molecular weight is 638 g/mol. The highest BCUT2D eigenvalue weighted by molar-refractivity contribution is 7.13. The van der Waals surface area contributed by atoms with Crippen LogP contribution in [0.2, 0.25) is 0 Å². The summed E-state index contributed by atoms with van der Waals surface area (Å²) in [4.78, 5) is 39.1. The van der Waals surface area contributed by atoms with Crippen molar-refractivity contribution < 1.29 is 18.0 Å². The number of carbonyl (C=O) groups is 1. The number of amides is 1. The van der Waals surface area contributed by atoms with Gasteiger partial charge in [-0.1, -0.05) is 45.9 Å². The number of thiazole rings is 1. The van der Waals surface area contributed by atoms with Gasteiger partial charge in [0.1, 0.15) is 10.7 Å². The first kappa shape index (κ1) is 32.6. The van der Waals surface area contributed by atoms with E-state index in [0.717, 1.165) is 29.1 Å². The molecule has 1 fully saturated rings. The van der Waals surface area contributed by atoms with E-state index in [-0.39, 0.29) is 29.0 Å².